The van der Waals surface area contributed by atoms with E-state index in [0.29, 0.717) is 104 Å². The highest BCUT2D eigenvalue weighted by Gasteiger charge is 2.34. The summed E-state index contributed by atoms with van der Waals surface area (Å²) in [4.78, 5) is 133. The molecule has 2 amide bonds. The largest absolute Gasteiger partial charge is 0.463 e. The van der Waals surface area contributed by atoms with Gasteiger partial charge < -0.3 is 57.0 Å². The number of amides is 2. The van der Waals surface area contributed by atoms with Crippen LogP contribution in [0.1, 0.15) is 252 Å². The number of hydrogen-bond acceptors (Lipinski definition) is 32. The van der Waals surface area contributed by atoms with E-state index in [1.807, 2.05) is 42.4 Å². The van der Waals surface area contributed by atoms with E-state index in [-0.39, 0.29) is 102 Å². The van der Waals surface area contributed by atoms with Crippen molar-refractivity contribution in [2.75, 3.05) is 11.5 Å². The van der Waals surface area contributed by atoms with Crippen molar-refractivity contribution in [3.05, 3.63) is 196 Å². The molecule has 38 nitrogen and oxygen atoms in total. The van der Waals surface area contributed by atoms with Gasteiger partial charge in [0.15, 0.2) is 48.2 Å². The number of nitrogens with one attached hydrogen (secondary N) is 2. The number of hydrogen-bond donors (Lipinski definition) is 7. The summed E-state index contributed by atoms with van der Waals surface area (Å²) in [6, 6.07) is 1.79. The maximum atomic E-state index is 12.1. The van der Waals surface area contributed by atoms with Crippen molar-refractivity contribution in [3.8, 4) is 6.07 Å². The van der Waals surface area contributed by atoms with Crippen LogP contribution in [0.25, 0.3) is 22.1 Å². The minimum absolute atomic E-state index is 0.00335. The summed E-state index contributed by atoms with van der Waals surface area (Å²) in [5.74, 6) is 5.48. The molecule has 0 aromatic carbocycles. The molecule has 18 rings (SSSR count). The number of nitrogens with zero attached hydrogens (tertiary/aromatic N) is 21. The minimum Gasteiger partial charge on any atom is -0.463 e. The maximum absolute atomic E-state index is 12.1. The zero-order valence-electron chi connectivity index (χ0n) is 75.3. The first-order valence-electron chi connectivity index (χ1n) is 44.6. The van der Waals surface area contributed by atoms with Crippen molar-refractivity contribution < 1.29 is 57.9 Å². The number of carbonyl (C=O) groups excluding carboxylic acids is 6. The number of aliphatic hydroxyl groups is 2. The molecule has 6 aliphatic rings. The number of aromatic nitrogens is 20. The number of nitriles is 1. The Balaban J connectivity index is 0.000000152. The number of rotatable bonds is 15. The van der Waals surface area contributed by atoms with Gasteiger partial charge in [-0.15, -0.1) is 0 Å². The molecule has 137 heavy (non-hydrogen) atoms. The van der Waals surface area contributed by atoms with Crippen LogP contribution in [0.2, 0.25) is 30.9 Å². The van der Waals surface area contributed by atoms with Crippen LogP contribution in [0, 0.1) is 23.2 Å². The SMILES string of the molecule is CC(=O)OC1CCC(C(=O)NCc2nccnc2Cl)CC1.CC(=O)OC1CCC(c2nc(Br)c3c(Cl)nccn23)CC1.CC(=O)OC1CCC(c2nc(Br)c3c(N)nccn23)CC1.CC(=O)OC1CCC(c2ncc3c(Cl)nccn23)CC1.N#Cc1nccnc1Cl.NCc1nccnc1Cl.Nc1nccn2c(C3CCC(O)CC3)nc(Br)c12.O=C(NCc1nccnc1Cl)C1CCC(O)CC1. The Hall–Kier alpha value is -10.2. The molecule has 0 bridgehead atoms. The van der Waals surface area contributed by atoms with Gasteiger partial charge in [0, 0.05) is 169 Å². The normalized spacial score (nSPS) is 21.0. The fraction of sp³-hybridized carbons (Fsp3) is 0.478. The average molecular weight is 2200 g/mol. The van der Waals surface area contributed by atoms with Crippen molar-refractivity contribution in [1.29, 1.82) is 5.26 Å². The van der Waals surface area contributed by atoms with Crippen molar-refractivity contribution >= 4 is 187 Å². The van der Waals surface area contributed by atoms with Crippen LogP contribution in [0.4, 0.5) is 11.6 Å². The van der Waals surface area contributed by atoms with Crippen LogP contribution < -0.4 is 27.8 Å². The predicted octanol–water partition coefficient (Wildman–Crippen LogP) is 16.2. The fourth-order valence-electron chi connectivity index (χ4n) is 17.0. The van der Waals surface area contributed by atoms with Gasteiger partial charge in [-0.05, 0) is 202 Å². The molecular formula is C90H105Br3Cl6N26O12. The van der Waals surface area contributed by atoms with Gasteiger partial charge in [0.05, 0.1) is 48.6 Å². The van der Waals surface area contributed by atoms with Crippen molar-refractivity contribution in [1.82, 2.24) is 108 Å². The molecule has 47 heteroatoms. The van der Waals surface area contributed by atoms with E-state index in [4.69, 9.17) is 111 Å². The Kier molecular flexibility index (Phi) is 41.7. The van der Waals surface area contributed by atoms with Gasteiger partial charge in [-0.1, -0.05) is 69.6 Å². The second-order valence-corrected chi connectivity index (χ2v) is 37.4. The number of nitrogen functional groups attached to an aromatic ring is 2. The number of carbonyl (C=O) groups is 6. The Labute approximate surface area is 844 Å². The van der Waals surface area contributed by atoms with E-state index >= 15 is 0 Å². The second kappa shape index (κ2) is 53.2. The van der Waals surface area contributed by atoms with Crippen LogP contribution in [0.5, 0.6) is 0 Å². The lowest BCUT2D eigenvalue weighted by Crippen LogP contribution is -2.35. The number of imidazole rings is 4. The topological polar surface area (TPSA) is 530 Å². The van der Waals surface area contributed by atoms with Crippen LogP contribution >= 0.6 is 117 Å². The Morgan fingerprint density at radius 2 is 0.679 bits per heavy atom. The molecule has 12 heterocycles. The molecule has 6 saturated carbocycles. The highest BCUT2D eigenvalue weighted by Crippen LogP contribution is 2.41. The first kappa shape index (κ1) is 107. The van der Waals surface area contributed by atoms with Crippen LogP contribution in [-0.4, -0.2) is 180 Å². The highest BCUT2D eigenvalue weighted by atomic mass is 79.9. The molecule has 10 N–H and O–H groups in total. The molecular weight excluding hydrogens is 2090 g/mol. The summed E-state index contributed by atoms with van der Waals surface area (Å²) in [5.41, 5.74) is 22.3. The summed E-state index contributed by atoms with van der Waals surface area (Å²) < 4.78 is 31.2. The number of ether oxygens (including phenoxy) is 4. The summed E-state index contributed by atoms with van der Waals surface area (Å²) >= 11 is 45.3. The van der Waals surface area contributed by atoms with E-state index in [1.54, 1.807) is 49.4 Å². The summed E-state index contributed by atoms with van der Waals surface area (Å²) in [6.07, 6.45) is 48.2. The van der Waals surface area contributed by atoms with Gasteiger partial charge in [0.25, 0.3) is 0 Å². The second-order valence-electron chi connectivity index (χ2n) is 33.0. The molecule has 0 atom stereocenters. The minimum atomic E-state index is -0.264. The highest BCUT2D eigenvalue weighted by molar-refractivity contribution is 9.11. The quantitative estimate of drug-likeness (QED) is 0.0370. The molecule has 12 aromatic heterocycles. The first-order valence-corrected chi connectivity index (χ1v) is 49.2. The Morgan fingerprint density at radius 3 is 1.04 bits per heavy atom. The molecule has 730 valence electrons. The van der Waals surface area contributed by atoms with Crippen LogP contribution in [0.3, 0.4) is 0 Å². The van der Waals surface area contributed by atoms with Gasteiger partial charge in [-0.25, -0.2) is 64.8 Å². The maximum Gasteiger partial charge on any atom is 0.302 e. The standard InChI is InChI=1S/C14H15BrClN3O2.C14H17BrN4O2.C14H18ClN3O3.C14H16ClN3O2.C12H15BrN4O.C12H16ClN3O2.C5H6ClN3.C5H2ClN3/c2*1-8(20)21-10-4-2-9(3-5-10)14-18-12(15)11-13(16)17-6-7-19(11)14;1-9(19)21-11-4-2-10(3-5-11)14(20)18-8-12-13(15)17-7-6-16-12;1-9(19)20-11-4-2-10(3-5-11)14-17-8-12-13(15)16-6-7-18(12)14;13-10-9-11(14)15-5-6-17(9)12(16-10)7-1-3-8(18)4-2-7;13-11-10(14-5-6-15-11)7-16-12(18)8-1-3-9(17)4-2-8;2*6-5-4(3-7)8-1-2-9-5/h6-7,9-10H,2-5H2,1H3;6-7,9-10H,2-5H2,1H3,(H2,16,17);6-7,10-11H,2-5,8H2,1H3,(H,18,20);6-8,10-11H,2-5H2,1H3;5-8,18H,1-4H2,(H2,14,15);5-6,8-9,17H,1-4,7H2,(H,16,18);1-2H,3,7H2;1-2H. The molecule has 6 fully saturated rings. The molecule has 6 aliphatic carbocycles. The van der Waals surface area contributed by atoms with E-state index in [9.17, 15) is 39.0 Å². The molecule has 0 aliphatic heterocycles. The average Bonchev–Trinajstić information content (AvgIpc) is 1.64. The monoisotopic (exact) mass is 2190 g/mol. The number of halogens is 9. The third-order valence-corrected chi connectivity index (χ3v) is 27.1. The Bertz CT molecular complexity index is 5970. The molecule has 0 radical (unpaired) electrons. The summed E-state index contributed by atoms with van der Waals surface area (Å²) in [6.45, 7) is 6.70. The lowest BCUT2D eigenvalue weighted by molar-refractivity contribution is -0.149. The van der Waals surface area contributed by atoms with Crippen LogP contribution in [0.15, 0.2) is 119 Å². The number of aliphatic hydroxyl groups excluding tert-OH is 2. The van der Waals surface area contributed by atoms with E-state index in [0.717, 1.165) is 200 Å². The van der Waals surface area contributed by atoms with Gasteiger partial charge in [0.2, 0.25) is 11.8 Å². The van der Waals surface area contributed by atoms with Crippen molar-refractivity contribution in [3.63, 3.8) is 0 Å². The number of nitrogens with two attached hydrogens (primary N) is 3. The third kappa shape index (κ3) is 31.1. The lowest BCUT2D eigenvalue weighted by atomic mass is 9.87. The third-order valence-electron chi connectivity index (χ3n) is 23.7. The smallest absolute Gasteiger partial charge is 0.302 e. The number of fused-ring (bicyclic) bond motifs is 4. The zero-order chi connectivity index (χ0) is 98.4. The van der Waals surface area contributed by atoms with Gasteiger partial charge in [-0.2, -0.15) is 5.26 Å². The molecule has 0 saturated heterocycles. The molecule has 12 aromatic rings. The zero-order valence-corrected chi connectivity index (χ0v) is 84.6. The van der Waals surface area contributed by atoms with E-state index in [2.05, 4.69) is 138 Å². The fourth-order valence-corrected chi connectivity index (χ4v) is 19.9. The van der Waals surface area contributed by atoms with E-state index in [1.165, 1.54) is 64.9 Å². The van der Waals surface area contributed by atoms with Gasteiger partial charge in [0.1, 0.15) is 89.7 Å². The lowest BCUT2D eigenvalue weighted by Gasteiger charge is -2.27. The van der Waals surface area contributed by atoms with Crippen LogP contribution in [-0.2, 0) is 67.3 Å². The first-order chi connectivity index (χ1) is 65.8. The van der Waals surface area contributed by atoms with Gasteiger partial charge in [-0.3, -0.25) is 61.3 Å². The Morgan fingerprint density at radius 1 is 0.380 bits per heavy atom. The number of esters is 4. The van der Waals surface area contributed by atoms with Crippen molar-refractivity contribution in [2.24, 2.45) is 17.6 Å². The predicted molar refractivity (Wildman–Crippen MR) is 521 cm³/mol. The summed E-state index contributed by atoms with van der Waals surface area (Å²) in [7, 11) is 0. The molecule has 0 spiro atoms. The molecule has 0 unspecified atom stereocenters. The summed E-state index contributed by atoms with van der Waals surface area (Å²) in [5, 5.41) is 35.0. The number of anilines is 2. The van der Waals surface area contributed by atoms with Crippen molar-refractivity contribution in [2.45, 2.75) is 262 Å². The van der Waals surface area contributed by atoms with Gasteiger partial charge >= 0.3 is 23.9 Å². The van der Waals surface area contributed by atoms with E-state index < -0.39 is 0 Å².